The summed E-state index contributed by atoms with van der Waals surface area (Å²) in [6, 6.07) is 0. The number of thioether (sulfide) groups is 1. The predicted molar refractivity (Wildman–Crippen MR) is 124 cm³/mol. The summed E-state index contributed by atoms with van der Waals surface area (Å²) in [7, 11) is 0. The molecule has 192 valence electrons. The van der Waals surface area contributed by atoms with Crippen molar-refractivity contribution in [2.24, 2.45) is 0 Å². The van der Waals surface area contributed by atoms with Crippen LogP contribution in [0.3, 0.4) is 0 Å². The van der Waals surface area contributed by atoms with Gasteiger partial charge in [0.25, 0.3) is 0 Å². The molecule has 0 bridgehead atoms. The Hall–Kier alpha value is -2.41. The van der Waals surface area contributed by atoms with Gasteiger partial charge >= 0.3 is 29.8 Å². The zero-order valence-electron chi connectivity index (χ0n) is 20.1. The Kier molecular flexibility index (Phi) is 11.7. The molecule has 0 aromatic heterocycles. The fraction of sp³-hybridized carbons (Fsp3) is 0.714. The van der Waals surface area contributed by atoms with Gasteiger partial charge in [-0.3, -0.25) is 24.0 Å². The monoisotopic (exact) mass is 521 g/mol. The first-order valence-electron chi connectivity index (χ1n) is 10.6. The molecule has 13 heteroatoms. The number of hydrogen-bond donors (Lipinski definition) is 0. The Balaban J connectivity index is 3.59. The van der Waals surface area contributed by atoms with Gasteiger partial charge in [0, 0.05) is 41.2 Å². The molecule has 4 atom stereocenters. The highest BCUT2D eigenvalue weighted by atomic mass is 32.2. The maximum absolute atomic E-state index is 12.1. The highest BCUT2D eigenvalue weighted by Crippen LogP contribution is 2.44. The van der Waals surface area contributed by atoms with Gasteiger partial charge in [0.2, 0.25) is 4.93 Å². The summed E-state index contributed by atoms with van der Waals surface area (Å²) in [4.78, 5) is 59.7. The second-order valence-electron chi connectivity index (χ2n) is 7.60. The van der Waals surface area contributed by atoms with Crippen molar-refractivity contribution in [3.63, 3.8) is 0 Å². The highest BCUT2D eigenvalue weighted by Gasteiger charge is 2.58. The first-order chi connectivity index (χ1) is 15.8. The molecule has 34 heavy (non-hydrogen) atoms. The molecule has 0 saturated carbocycles. The summed E-state index contributed by atoms with van der Waals surface area (Å²) in [5.41, 5.74) is 0. The molecule has 0 N–H and O–H groups in total. The maximum Gasteiger partial charge on any atom is 0.304 e. The quantitative estimate of drug-likeness (QED) is 0.210. The molecule has 1 unspecified atom stereocenters. The average molecular weight is 522 g/mol. The predicted octanol–water partition coefficient (Wildman–Crippen LogP) is 1.74. The minimum absolute atomic E-state index is 0.0200. The molecule has 11 nitrogen and oxygen atoms in total. The molecular weight excluding hydrogens is 490 g/mol. The molecular formula is C21H31NO10S2. The van der Waals surface area contributed by atoms with Crippen LogP contribution in [-0.2, 0) is 47.7 Å². The van der Waals surface area contributed by atoms with Crippen molar-refractivity contribution in [2.45, 2.75) is 77.6 Å². The Bertz CT molecular complexity index is 804. The van der Waals surface area contributed by atoms with Crippen molar-refractivity contribution in [3.05, 3.63) is 0 Å². The average Bonchev–Trinajstić information content (AvgIpc) is 3.00. The largest absolute Gasteiger partial charge is 0.462 e. The molecule has 1 aliphatic rings. The highest BCUT2D eigenvalue weighted by molar-refractivity contribution is 8.24. The van der Waals surface area contributed by atoms with Crippen LogP contribution in [0, 0.1) is 0 Å². The summed E-state index contributed by atoms with van der Waals surface area (Å²) >= 11 is 6.44. The van der Waals surface area contributed by atoms with Crippen LogP contribution < -0.4 is 0 Å². The van der Waals surface area contributed by atoms with E-state index in [2.05, 4.69) is 0 Å². The Labute approximate surface area is 208 Å². The topological polar surface area (TPSA) is 135 Å². The third-order valence-corrected chi connectivity index (χ3v) is 6.22. The lowest BCUT2D eigenvalue weighted by atomic mass is 10.0. The van der Waals surface area contributed by atoms with Crippen molar-refractivity contribution >= 4 is 58.1 Å². The van der Waals surface area contributed by atoms with Crippen LogP contribution in [0.5, 0.6) is 0 Å². The molecule has 1 aliphatic heterocycles. The first kappa shape index (κ1) is 29.6. The lowest BCUT2D eigenvalue weighted by Crippen LogP contribution is -2.59. The number of thiocarbonyl (C=S) groups is 1. The summed E-state index contributed by atoms with van der Waals surface area (Å²) in [5, 5.41) is 0. The van der Waals surface area contributed by atoms with E-state index in [1.807, 2.05) is 6.92 Å². The zero-order chi connectivity index (χ0) is 26.1. The van der Waals surface area contributed by atoms with Crippen molar-refractivity contribution in [3.8, 4) is 0 Å². The molecule has 1 heterocycles. The number of carbonyl (C=O) groups is 5. The lowest BCUT2D eigenvalue weighted by molar-refractivity contribution is -0.206. The maximum atomic E-state index is 12.1. The minimum atomic E-state index is -1.63. The summed E-state index contributed by atoms with van der Waals surface area (Å²) in [5.74, 6) is -3.72. The van der Waals surface area contributed by atoms with E-state index in [9.17, 15) is 24.0 Å². The fourth-order valence-electron chi connectivity index (χ4n) is 3.32. The Morgan fingerprint density at radius 1 is 0.941 bits per heavy atom. The number of nitrogens with zero attached hydrogens (tertiary/aromatic N) is 1. The number of hydrogen-bond acceptors (Lipinski definition) is 12. The number of unbranched alkanes of at least 4 members (excludes halogenated alkanes) is 1. The SMILES string of the molecule is CCCCN1CC(OC(C)=O)([C@@H](OC(C)=O)[C@H](OC(C)=O)[C@@H](COC(C)=O)OC(C)=O)SC1=S. The second-order valence-corrected chi connectivity index (χ2v) is 9.53. The smallest absolute Gasteiger partial charge is 0.304 e. The van der Waals surface area contributed by atoms with Crippen LogP contribution in [0.1, 0.15) is 54.4 Å². The summed E-state index contributed by atoms with van der Waals surface area (Å²) in [6.45, 7) is 7.73. The summed E-state index contributed by atoms with van der Waals surface area (Å²) in [6.07, 6.45) is -2.66. The van der Waals surface area contributed by atoms with E-state index in [1.165, 1.54) is 6.92 Å². The van der Waals surface area contributed by atoms with Crippen LogP contribution in [0.15, 0.2) is 0 Å². The van der Waals surface area contributed by atoms with Crippen LogP contribution in [-0.4, -0.2) is 82.0 Å². The molecule has 0 amide bonds. The summed E-state index contributed by atoms with van der Waals surface area (Å²) < 4.78 is 27.3. The van der Waals surface area contributed by atoms with E-state index in [1.54, 1.807) is 4.90 Å². The van der Waals surface area contributed by atoms with Gasteiger partial charge in [-0.25, -0.2) is 0 Å². The van der Waals surface area contributed by atoms with Crippen molar-refractivity contribution in [1.29, 1.82) is 0 Å². The van der Waals surface area contributed by atoms with Gasteiger partial charge < -0.3 is 28.6 Å². The first-order valence-corrected chi connectivity index (χ1v) is 11.9. The molecule has 1 fully saturated rings. The molecule has 0 spiro atoms. The fourth-order valence-corrected chi connectivity index (χ4v) is 5.15. The van der Waals surface area contributed by atoms with E-state index in [0.29, 0.717) is 10.9 Å². The molecule has 0 radical (unpaired) electrons. The van der Waals surface area contributed by atoms with Gasteiger partial charge in [-0.1, -0.05) is 25.6 Å². The van der Waals surface area contributed by atoms with Gasteiger partial charge in [-0.15, -0.1) is 0 Å². The Morgan fingerprint density at radius 2 is 1.53 bits per heavy atom. The minimum Gasteiger partial charge on any atom is -0.462 e. The Morgan fingerprint density at radius 3 is 2.00 bits per heavy atom. The number of carbonyl (C=O) groups excluding carboxylic acids is 5. The van der Waals surface area contributed by atoms with E-state index in [4.69, 9.17) is 35.9 Å². The van der Waals surface area contributed by atoms with Crippen LogP contribution in [0.4, 0.5) is 0 Å². The van der Waals surface area contributed by atoms with E-state index in [-0.39, 0.29) is 6.54 Å². The van der Waals surface area contributed by atoms with Crippen LogP contribution in [0.25, 0.3) is 0 Å². The molecule has 0 aromatic rings. The van der Waals surface area contributed by atoms with E-state index < -0.39 is 59.7 Å². The van der Waals surface area contributed by atoms with Gasteiger partial charge in [0.05, 0.1) is 6.54 Å². The van der Waals surface area contributed by atoms with Crippen LogP contribution in [0.2, 0.25) is 0 Å². The third-order valence-electron chi connectivity index (χ3n) is 4.49. The number of esters is 5. The van der Waals surface area contributed by atoms with E-state index >= 15 is 0 Å². The molecule has 0 aliphatic carbocycles. The number of ether oxygens (including phenoxy) is 5. The number of rotatable bonds is 12. The molecule has 0 aromatic carbocycles. The molecule has 1 rings (SSSR count). The van der Waals surface area contributed by atoms with Gasteiger partial charge in [0.15, 0.2) is 18.3 Å². The van der Waals surface area contributed by atoms with Crippen molar-refractivity contribution < 1.29 is 47.7 Å². The standard InChI is InChI=1S/C21H31NO10S2/c1-7-8-9-22-11-21(32-16(6)27,34-20(22)33)19(31-15(5)26)18(30-14(4)25)17(29-13(3)24)10-28-12(2)23/h17-19H,7-11H2,1-6H3/t17-,18-,19+,21?/m1/s1. The van der Waals surface area contributed by atoms with Crippen molar-refractivity contribution in [1.82, 2.24) is 4.90 Å². The van der Waals surface area contributed by atoms with Crippen LogP contribution >= 0.6 is 24.0 Å². The normalized spacial score (nSPS) is 20.1. The van der Waals surface area contributed by atoms with Crippen molar-refractivity contribution in [2.75, 3.05) is 19.7 Å². The van der Waals surface area contributed by atoms with E-state index in [0.717, 1.165) is 52.3 Å². The zero-order valence-corrected chi connectivity index (χ0v) is 21.7. The second kappa shape index (κ2) is 13.5. The molecule has 1 saturated heterocycles. The van der Waals surface area contributed by atoms with Gasteiger partial charge in [0.1, 0.15) is 10.9 Å². The van der Waals surface area contributed by atoms with Gasteiger partial charge in [-0.05, 0) is 18.2 Å². The van der Waals surface area contributed by atoms with Gasteiger partial charge in [-0.2, -0.15) is 0 Å². The lowest BCUT2D eigenvalue weighted by Gasteiger charge is -2.40. The third kappa shape index (κ3) is 9.09.